The van der Waals surface area contributed by atoms with Crippen LogP contribution in [0.15, 0.2) is 34.9 Å². The lowest BCUT2D eigenvalue weighted by molar-refractivity contribution is 0.823. The number of anilines is 1. The van der Waals surface area contributed by atoms with E-state index < -0.39 is 0 Å². The third kappa shape index (κ3) is 1.69. The second kappa shape index (κ2) is 3.45. The highest BCUT2D eigenvalue weighted by Crippen LogP contribution is 2.39. The molecule has 1 aromatic carbocycles. The predicted molar refractivity (Wildman–Crippen MR) is 70.7 cm³/mol. The van der Waals surface area contributed by atoms with Gasteiger partial charge in [-0.2, -0.15) is 0 Å². The lowest BCUT2D eigenvalue weighted by Crippen LogP contribution is -2.16. The first-order valence-electron chi connectivity index (χ1n) is 5.49. The molecule has 1 heterocycles. The SMILES string of the molecule is CC1(Nc2nccc3c(Br)cccc23)CC1. The summed E-state index contributed by atoms with van der Waals surface area (Å²) in [5.41, 5.74) is 0.267. The lowest BCUT2D eigenvalue weighted by atomic mass is 10.1. The summed E-state index contributed by atoms with van der Waals surface area (Å²) in [5.74, 6) is 0.999. The number of hydrogen-bond donors (Lipinski definition) is 1. The van der Waals surface area contributed by atoms with Crippen molar-refractivity contribution in [2.75, 3.05) is 5.32 Å². The van der Waals surface area contributed by atoms with Crippen molar-refractivity contribution in [3.8, 4) is 0 Å². The summed E-state index contributed by atoms with van der Waals surface area (Å²) in [6.45, 7) is 2.24. The molecule has 16 heavy (non-hydrogen) atoms. The highest BCUT2D eigenvalue weighted by atomic mass is 79.9. The molecular weight excluding hydrogens is 264 g/mol. The van der Waals surface area contributed by atoms with E-state index in [4.69, 9.17) is 0 Å². The Labute approximate surface area is 103 Å². The number of halogens is 1. The van der Waals surface area contributed by atoms with Crippen molar-refractivity contribution < 1.29 is 0 Å². The molecule has 0 saturated heterocycles. The van der Waals surface area contributed by atoms with E-state index in [1.807, 2.05) is 12.3 Å². The van der Waals surface area contributed by atoms with Gasteiger partial charge in [-0.1, -0.05) is 28.1 Å². The summed E-state index contributed by atoms with van der Waals surface area (Å²) in [6, 6.07) is 8.26. The zero-order valence-electron chi connectivity index (χ0n) is 9.13. The molecule has 3 heteroatoms. The number of hydrogen-bond acceptors (Lipinski definition) is 2. The molecule has 0 amide bonds. The Morgan fingerprint density at radius 3 is 2.81 bits per heavy atom. The van der Waals surface area contributed by atoms with Crippen molar-refractivity contribution in [1.82, 2.24) is 4.98 Å². The average molecular weight is 277 g/mol. The number of benzene rings is 1. The van der Waals surface area contributed by atoms with Gasteiger partial charge in [0.25, 0.3) is 0 Å². The molecule has 1 aliphatic carbocycles. The van der Waals surface area contributed by atoms with E-state index in [1.54, 1.807) is 0 Å². The van der Waals surface area contributed by atoms with Crippen LogP contribution in [0.2, 0.25) is 0 Å². The fourth-order valence-corrected chi connectivity index (χ4v) is 2.37. The molecule has 1 aliphatic rings. The maximum Gasteiger partial charge on any atom is 0.134 e. The largest absolute Gasteiger partial charge is 0.364 e. The van der Waals surface area contributed by atoms with Crippen LogP contribution in [0.1, 0.15) is 19.8 Å². The predicted octanol–water partition coefficient (Wildman–Crippen LogP) is 3.96. The van der Waals surface area contributed by atoms with Crippen molar-refractivity contribution in [2.24, 2.45) is 0 Å². The van der Waals surface area contributed by atoms with Crippen LogP contribution in [0.25, 0.3) is 10.8 Å². The number of nitrogens with zero attached hydrogens (tertiary/aromatic N) is 1. The van der Waals surface area contributed by atoms with Gasteiger partial charge in [0.1, 0.15) is 5.82 Å². The van der Waals surface area contributed by atoms with Crippen molar-refractivity contribution in [3.05, 3.63) is 34.9 Å². The van der Waals surface area contributed by atoms with Gasteiger partial charge in [-0.25, -0.2) is 4.98 Å². The summed E-state index contributed by atoms with van der Waals surface area (Å²) in [5, 5.41) is 5.93. The van der Waals surface area contributed by atoms with Gasteiger partial charge in [-0.3, -0.25) is 0 Å². The molecule has 0 spiro atoms. The highest BCUT2D eigenvalue weighted by Gasteiger charge is 2.37. The molecule has 0 bridgehead atoms. The Bertz CT molecular complexity index is 547. The molecule has 82 valence electrons. The minimum atomic E-state index is 0.267. The third-order valence-electron chi connectivity index (χ3n) is 3.17. The first-order chi connectivity index (χ1) is 7.68. The molecule has 1 aromatic heterocycles. The van der Waals surface area contributed by atoms with Gasteiger partial charge in [-0.15, -0.1) is 0 Å². The molecule has 2 nitrogen and oxygen atoms in total. The van der Waals surface area contributed by atoms with Crippen LogP contribution in [0.4, 0.5) is 5.82 Å². The van der Waals surface area contributed by atoms with Crippen molar-refractivity contribution in [1.29, 1.82) is 0 Å². The van der Waals surface area contributed by atoms with Crippen LogP contribution in [-0.4, -0.2) is 10.5 Å². The molecule has 3 rings (SSSR count). The van der Waals surface area contributed by atoms with Gasteiger partial charge >= 0.3 is 0 Å². The van der Waals surface area contributed by atoms with Crippen LogP contribution in [-0.2, 0) is 0 Å². The topological polar surface area (TPSA) is 24.9 Å². The second-order valence-electron chi connectivity index (χ2n) is 4.68. The van der Waals surface area contributed by atoms with E-state index in [0.29, 0.717) is 0 Å². The van der Waals surface area contributed by atoms with Gasteiger partial charge in [-0.05, 0) is 31.9 Å². The summed E-state index contributed by atoms with van der Waals surface area (Å²) < 4.78 is 1.12. The zero-order chi connectivity index (χ0) is 11.2. The quantitative estimate of drug-likeness (QED) is 0.898. The normalized spacial score (nSPS) is 17.4. The molecule has 0 aliphatic heterocycles. The molecule has 1 fully saturated rings. The number of nitrogens with one attached hydrogen (secondary N) is 1. The fraction of sp³-hybridized carbons (Fsp3) is 0.308. The first-order valence-corrected chi connectivity index (χ1v) is 6.29. The van der Waals surface area contributed by atoms with Crippen LogP contribution in [0.5, 0.6) is 0 Å². The Balaban J connectivity index is 2.13. The van der Waals surface area contributed by atoms with Crippen LogP contribution in [0.3, 0.4) is 0 Å². The molecule has 2 aromatic rings. The number of rotatable bonds is 2. The van der Waals surface area contributed by atoms with E-state index in [0.717, 1.165) is 10.3 Å². The smallest absolute Gasteiger partial charge is 0.134 e. The van der Waals surface area contributed by atoms with Crippen LogP contribution >= 0.6 is 15.9 Å². The van der Waals surface area contributed by atoms with Crippen molar-refractivity contribution in [2.45, 2.75) is 25.3 Å². The van der Waals surface area contributed by atoms with E-state index in [1.165, 1.54) is 23.6 Å². The Morgan fingerprint density at radius 2 is 2.06 bits per heavy atom. The average Bonchev–Trinajstić information content (AvgIpc) is 2.98. The molecule has 1 N–H and O–H groups in total. The maximum absolute atomic E-state index is 4.44. The third-order valence-corrected chi connectivity index (χ3v) is 3.86. The summed E-state index contributed by atoms with van der Waals surface area (Å²) in [6.07, 6.45) is 4.33. The molecule has 0 unspecified atom stereocenters. The summed E-state index contributed by atoms with van der Waals surface area (Å²) in [7, 11) is 0. The Morgan fingerprint density at radius 1 is 1.25 bits per heavy atom. The summed E-state index contributed by atoms with van der Waals surface area (Å²) in [4.78, 5) is 4.44. The zero-order valence-corrected chi connectivity index (χ0v) is 10.7. The standard InChI is InChI=1S/C13H13BrN2/c1-13(6-7-13)16-12-10-3-2-4-11(14)9(10)5-8-15-12/h2-5,8H,6-7H2,1H3,(H,15,16). The number of fused-ring (bicyclic) bond motifs is 1. The molecule has 1 saturated carbocycles. The molecule has 0 radical (unpaired) electrons. The highest BCUT2D eigenvalue weighted by molar-refractivity contribution is 9.10. The van der Waals surface area contributed by atoms with Gasteiger partial charge in [0.05, 0.1) is 0 Å². The van der Waals surface area contributed by atoms with Crippen LogP contribution in [0, 0.1) is 0 Å². The van der Waals surface area contributed by atoms with E-state index in [9.17, 15) is 0 Å². The fourth-order valence-electron chi connectivity index (χ4n) is 1.87. The van der Waals surface area contributed by atoms with Gasteiger partial charge in [0, 0.05) is 27.0 Å². The molecular formula is C13H13BrN2. The van der Waals surface area contributed by atoms with Gasteiger partial charge < -0.3 is 5.32 Å². The number of aromatic nitrogens is 1. The lowest BCUT2D eigenvalue weighted by Gasteiger charge is -2.14. The van der Waals surface area contributed by atoms with E-state index >= 15 is 0 Å². The maximum atomic E-state index is 4.44. The Hall–Kier alpha value is -1.09. The van der Waals surface area contributed by atoms with E-state index in [-0.39, 0.29) is 5.54 Å². The second-order valence-corrected chi connectivity index (χ2v) is 5.53. The van der Waals surface area contributed by atoms with Gasteiger partial charge in [0.15, 0.2) is 0 Å². The van der Waals surface area contributed by atoms with E-state index in [2.05, 4.69) is 51.4 Å². The Kier molecular flexibility index (Phi) is 2.18. The van der Waals surface area contributed by atoms with Crippen molar-refractivity contribution in [3.63, 3.8) is 0 Å². The minimum Gasteiger partial charge on any atom is -0.364 e. The first kappa shape index (κ1) is 10.1. The monoisotopic (exact) mass is 276 g/mol. The minimum absolute atomic E-state index is 0.267. The number of pyridine rings is 1. The van der Waals surface area contributed by atoms with Gasteiger partial charge in [0.2, 0.25) is 0 Å². The van der Waals surface area contributed by atoms with Crippen LogP contribution < -0.4 is 5.32 Å². The summed E-state index contributed by atoms with van der Waals surface area (Å²) >= 11 is 3.57. The molecule has 0 atom stereocenters. The van der Waals surface area contributed by atoms with Crippen molar-refractivity contribution >= 4 is 32.5 Å².